The van der Waals surface area contributed by atoms with E-state index < -0.39 is 4.92 Å². The molecule has 1 heterocycles. The molecule has 8 nitrogen and oxygen atoms in total. The van der Waals surface area contributed by atoms with Gasteiger partial charge in [0, 0.05) is 31.3 Å². The smallest absolute Gasteiger partial charge is 0.269 e. The Morgan fingerprint density at radius 3 is 2.52 bits per heavy atom. The number of carbonyl (C=O) groups is 1. The molecule has 1 aromatic heterocycles. The summed E-state index contributed by atoms with van der Waals surface area (Å²) in [5, 5.41) is 11.4. The van der Waals surface area contributed by atoms with E-state index in [4.69, 9.17) is 4.74 Å². The van der Waals surface area contributed by atoms with Crippen LogP contribution in [0.1, 0.15) is 5.56 Å². The highest BCUT2D eigenvalue weighted by Gasteiger charge is 2.19. The van der Waals surface area contributed by atoms with Gasteiger partial charge in [-0.3, -0.25) is 19.8 Å². The Hall–Kier alpha value is -3.01. The van der Waals surface area contributed by atoms with Crippen molar-refractivity contribution in [3.63, 3.8) is 0 Å². The van der Waals surface area contributed by atoms with Crippen LogP contribution in [0.5, 0.6) is 5.75 Å². The average Bonchev–Trinajstić information content (AvgIpc) is 3.16. The molecular weight excluding hydrogens is 440 g/mol. The number of benzene rings is 2. The number of rotatable bonds is 8. The van der Waals surface area contributed by atoms with Crippen molar-refractivity contribution in [2.75, 3.05) is 39.2 Å². The molecule has 31 heavy (non-hydrogen) atoms. The molecule has 0 fully saturated rings. The fraction of sp³-hybridized carbons (Fsp3) is 0.238. The highest BCUT2D eigenvalue weighted by Crippen LogP contribution is 2.34. The lowest BCUT2D eigenvalue weighted by atomic mass is 10.2. The second-order valence-corrected chi connectivity index (χ2v) is 7.79. The summed E-state index contributed by atoms with van der Waals surface area (Å²) < 4.78 is 6.32. The van der Waals surface area contributed by atoms with E-state index in [1.165, 1.54) is 29.5 Å². The number of nitrogens with zero attached hydrogens (tertiary/aromatic N) is 4. The second kappa shape index (κ2) is 10.9. The molecule has 164 valence electrons. The molecule has 3 rings (SSSR count). The van der Waals surface area contributed by atoms with Gasteiger partial charge in [0.2, 0.25) is 0 Å². The minimum absolute atomic E-state index is 0. The lowest BCUT2D eigenvalue weighted by molar-refractivity contribution is -0.384. The molecule has 1 amide bonds. The number of amides is 1. The lowest BCUT2D eigenvalue weighted by Gasteiger charge is -2.20. The summed E-state index contributed by atoms with van der Waals surface area (Å²) in [5.74, 6) is 0.449. The van der Waals surface area contributed by atoms with Crippen molar-refractivity contribution in [1.29, 1.82) is 0 Å². The molecule has 10 heteroatoms. The molecule has 0 N–H and O–H groups in total. The minimum Gasteiger partial charge on any atom is -0.494 e. The highest BCUT2D eigenvalue weighted by atomic mass is 35.5. The molecule has 0 aliphatic heterocycles. The van der Waals surface area contributed by atoms with Crippen LogP contribution < -0.4 is 9.64 Å². The zero-order valence-corrected chi connectivity index (χ0v) is 19.0. The number of thiazole rings is 1. The molecule has 0 atom stereocenters. The van der Waals surface area contributed by atoms with E-state index in [0.29, 0.717) is 29.5 Å². The van der Waals surface area contributed by atoms with E-state index >= 15 is 0 Å². The van der Waals surface area contributed by atoms with Crippen LogP contribution in [0.4, 0.5) is 10.8 Å². The van der Waals surface area contributed by atoms with Crippen LogP contribution in [0.15, 0.2) is 48.5 Å². The minimum atomic E-state index is -0.455. The van der Waals surface area contributed by atoms with Crippen LogP contribution in [0.25, 0.3) is 16.3 Å². The number of ether oxygens (including phenoxy) is 1. The number of nitro groups is 1. The van der Waals surface area contributed by atoms with Gasteiger partial charge in [0.25, 0.3) is 11.6 Å². The third-order valence-corrected chi connectivity index (χ3v) is 5.42. The van der Waals surface area contributed by atoms with Gasteiger partial charge in [-0.15, -0.1) is 12.4 Å². The molecule has 0 spiro atoms. The van der Waals surface area contributed by atoms with Crippen molar-refractivity contribution >= 4 is 56.8 Å². The Morgan fingerprint density at radius 1 is 1.19 bits per heavy atom. The van der Waals surface area contributed by atoms with Crippen molar-refractivity contribution in [3.05, 3.63) is 64.2 Å². The Morgan fingerprint density at radius 2 is 1.90 bits per heavy atom. The van der Waals surface area contributed by atoms with Gasteiger partial charge in [-0.1, -0.05) is 17.4 Å². The number of fused-ring (bicyclic) bond motifs is 1. The summed E-state index contributed by atoms with van der Waals surface area (Å²) in [4.78, 5) is 31.6. The first kappa shape index (κ1) is 24.3. The van der Waals surface area contributed by atoms with Crippen LogP contribution in [0, 0.1) is 10.1 Å². The summed E-state index contributed by atoms with van der Waals surface area (Å²) in [5.41, 5.74) is 1.43. The average molecular weight is 463 g/mol. The van der Waals surface area contributed by atoms with Crippen molar-refractivity contribution < 1.29 is 14.5 Å². The zero-order valence-electron chi connectivity index (χ0n) is 17.3. The van der Waals surface area contributed by atoms with E-state index in [9.17, 15) is 14.9 Å². The Bertz CT molecular complexity index is 1080. The fourth-order valence-electron chi connectivity index (χ4n) is 2.76. The van der Waals surface area contributed by atoms with Gasteiger partial charge in [-0.2, -0.15) is 0 Å². The van der Waals surface area contributed by atoms with E-state index in [1.807, 2.05) is 37.2 Å². The summed E-state index contributed by atoms with van der Waals surface area (Å²) >= 11 is 1.43. The maximum absolute atomic E-state index is 13.0. The number of likely N-dealkylation sites (N-methyl/N-ethyl adjacent to an activating group) is 1. The third kappa shape index (κ3) is 6.00. The van der Waals surface area contributed by atoms with Gasteiger partial charge >= 0.3 is 0 Å². The van der Waals surface area contributed by atoms with Crippen molar-refractivity contribution in [1.82, 2.24) is 9.88 Å². The number of methoxy groups -OCH3 is 1. The first-order valence-corrected chi connectivity index (χ1v) is 10.0. The number of aromatic nitrogens is 1. The molecule has 0 saturated heterocycles. The molecule has 3 aromatic rings. The monoisotopic (exact) mass is 462 g/mol. The number of para-hydroxylation sites is 1. The van der Waals surface area contributed by atoms with Crippen molar-refractivity contribution in [3.8, 4) is 5.75 Å². The SMILES string of the molecule is COc1cccc2sc(N(CCN(C)C)C(=O)C=Cc3ccc([N+](=O)[O-])cc3)nc12.Cl. The molecule has 0 bridgehead atoms. The second-order valence-electron chi connectivity index (χ2n) is 6.78. The van der Waals surface area contributed by atoms with Crippen LogP contribution >= 0.6 is 23.7 Å². The number of non-ortho nitro benzene ring substituents is 1. The Balaban J connectivity index is 0.00000341. The predicted molar refractivity (Wildman–Crippen MR) is 126 cm³/mol. The number of nitro benzene ring substituents is 1. The zero-order chi connectivity index (χ0) is 21.7. The maximum atomic E-state index is 13.0. The molecule has 0 saturated carbocycles. The number of carbonyl (C=O) groups excluding carboxylic acids is 1. The summed E-state index contributed by atoms with van der Waals surface area (Å²) in [7, 11) is 5.48. The summed E-state index contributed by atoms with van der Waals surface area (Å²) in [6.07, 6.45) is 3.10. The van der Waals surface area contributed by atoms with Crippen LogP contribution in [-0.2, 0) is 4.79 Å². The van der Waals surface area contributed by atoms with Crippen LogP contribution in [0.2, 0.25) is 0 Å². The molecular formula is C21H23ClN4O4S. The largest absolute Gasteiger partial charge is 0.494 e. The first-order chi connectivity index (χ1) is 14.4. The number of hydrogen-bond acceptors (Lipinski definition) is 7. The van der Waals surface area contributed by atoms with E-state index in [0.717, 1.165) is 10.2 Å². The van der Waals surface area contributed by atoms with Crippen molar-refractivity contribution in [2.45, 2.75) is 0 Å². The fourth-order valence-corrected chi connectivity index (χ4v) is 3.77. The van der Waals surface area contributed by atoms with Gasteiger partial charge in [0.15, 0.2) is 5.13 Å². The van der Waals surface area contributed by atoms with Gasteiger partial charge in [-0.05, 0) is 50.0 Å². The topological polar surface area (TPSA) is 88.8 Å². The van der Waals surface area contributed by atoms with Gasteiger partial charge in [0.1, 0.15) is 11.3 Å². The standard InChI is InChI=1S/C21H22N4O4S.ClH/c1-23(2)13-14-24(21-22-20-17(29-3)5-4-6-18(20)30-21)19(26)12-9-15-7-10-16(11-8-15)25(27)28;/h4-12H,13-14H2,1-3H3;1H. The molecule has 0 radical (unpaired) electrons. The molecule has 2 aromatic carbocycles. The van der Waals surface area contributed by atoms with Crippen LogP contribution in [0.3, 0.4) is 0 Å². The summed E-state index contributed by atoms with van der Waals surface area (Å²) in [6.45, 7) is 1.14. The maximum Gasteiger partial charge on any atom is 0.269 e. The van der Waals surface area contributed by atoms with E-state index in [2.05, 4.69) is 4.98 Å². The Labute approximate surface area is 190 Å². The molecule has 0 aliphatic carbocycles. The van der Waals surface area contributed by atoms with E-state index in [-0.39, 0.29) is 24.0 Å². The first-order valence-electron chi connectivity index (χ1n) is 9.21. The highest BCUT2D eigenvalue weighted by molar-refractivity contribution is 7.22. The number of halogens is 1. The predicted octanol–water partition coefficient (Wildman–Crippen LogP) is 4.24. The van der Waals surface area contributed by atoms with Crippen LogP contribution in [-0.4, -0.2) is 55.0 Å². The normalized spacial score (nSPS) is 11.0. The van der Waals surface area contributed by atoms with Gasteiger partial charge < -0.3 is 9.64 Å². The van der Waals surface area contributed by atoms with Crippen molar-refractivity contribution in [2.24, 2.45) is 0 Å². The molecule has 0 aliphatic rings. The van der Waals surface area contributed by atoms with Gasteiger partial charge in [-0.25, -0.2) is 4.98 Å². The Kier molecular flexibility index (Phi) is 8.49. The lowest BCUT2D eigenvalue weighted by Crippen LogP contribution is -2.35. The van der Waals surface area contributed by atoms with Gasteiger partial charge in [0.05, 0.1) is 16.7 Å². The number of anilines is 1. The molecule has 0 unspecified atom stereocenters. The quantitative estimate of drug-likeness (QED) is 0.282. The summed E-state index contributed by atoms with van der Waals surface area (Å²) in [6, 6.07) is 11.7. The number of hydrogen-bond donors (Lipinski definition) is 0. The third-order valence-electron chi connectivity index (χ3n) is 4.38. The van der Waals surface area contributed by atoms with E-state index in [1.54, 1.807) is 30.2 Å².